The molecule has 1 unspecified atom stereocenters. The second kappa shape index (κ2) is 6.11. The summed E-state index contributed by atoms with van der Waals surface area (Å²) in [5, 5.41) is 8.82. The van der Waals surface area contributed by atoms with Crippen LogP contribution >= 0.6 is 0 Å². The van der Waals surface area contributed by atoms with Gasteiger partial charge in [-0.05, 0) is 54.8 Å². The average Bonchev–Trinajstić information content (AvgIpc) is 3.06. The number of halogens is 1. The smallest absolute Gasteiger partial charge is 0.207 e. The van der Waals surface area contributed by atoms with Gasteiger partial charge in [0, 0.05) is 6.54 Å². The van der Waals surface area contributed by atoms with Crippen molar-refractivity contribution < 1.29 is 12.8 Å². The lowest BCUT2D eigenvalue weighted by Gasteiger charge is -2.24. The zero-order valence-corrected chi connectivity index (χ0v) is 13.1. The predicted molar refractivity (Wildman–Crippen MR) is 83.4 cm³/mol. The van der Waals surface area contributed by atoms with Crippen molar-refractivity contribution >= 4 is 10.0 Å². The fourth-order valence-corrected chi connectivity index (χ4v) is 4.57. The molecular formula is C17H15FN2O2S. The van der Waals surface area contributed by atoms with Gasteiger partial charge in [-0.3, -0.25) is 0 Å². The van der Waals surface area contributed by atoms with Gasteiger partial charge in [0.25, 0.3) is 0 Å². The van der Waals surface area contributed by atoms with E-state index < -0.39 is 10.0 Å². The summed E-state index contributed by atoms with van der Waals surface area (Å²) in [4.78, 5) is 0.172. The maximum absolute atomic E-state index is 13.1. The van der Waals surface area contributed by atoms with Crippen molar-refractivity contribution in [2.75, 3.05) is 6.54 Å². The Hall–Kier alpha value is -2.23. The summed E-state index contributed by atoms with van der Waals surface area (Å²) in [6.45, 7) is 0.435. The molecular weight excluding hydrogens is 315 g/mol. The fourth-order valence-electron chi connectivity index (χ4n) is 2.88. The first-order valence-electron chi connectivity index (χ1n) is 7.30. The van der Waals surface area contributed by atoms with E-state index in [1.165, 1.54) is 40.7 Å². The molecule has 4 nitrogen and oxygen atoms in total. The van der Waals surface area contributed by atoms with Crippen LogP contribution in [0.3, 0.4) is 0 Å². The first-order valence-corrected chi connectivity index (χ1v) is 8.74. The molecule has 0 bridgehead atoms. The van der Waals surface area contributed by atoms with E-state index in [4.69, 9.17) is 5.26 Å². The van der Waals surface area contributed by atoms with E-state index in [1.807, 2.05) is 6.07 Å². The molecule has 0 aromatic heterocycles. The molecule has 6 heteroatoms. The molecule has 1 fully saturated rings. The van der Waals surface area contributed by atoms with Gasteiger partial charge in [-0.1, -0.05) is 12.1 Å². The van der Waals surface area contributed by atoms with Gasteiger partial charge in [0.1, 0.15) is 5.82 Å². The molecule has 3 rings (SSSR count). The Bertz CT molecular complexity index is 840. The second-order valence-corrected chi connectivity index (χ2v) is 7.35. The Balaban J connectivity index is 1.94. The Morgan fingerprint density at radius 1 is 1.09 bits per heavy atom. The number of hydrogen-bond acceptors (Lipinski definition) is 3. The van der Waals surface area contributed by atoms with Gasteiger partial charge in [0.2, 0.25) is 10.0 Å². The summed E-state index contributed by atoms with van der Waals surface area (Å²) >= 11 is 0. The molecule has 1 atom stereocenters. The lowest BCUT2D eigenvalue weighted by atomic mass is 10.1. The van der Waals surface area contributed by atoms with Gasteiger partial charge < -0.3 is 0 Å². The number of benzene rings is 2. The van der Waals surface area contributed by atoms with Gasteiger partial charge in [0.15, 0.2) is 0 Å². The highest BCUT2D eigenvalue weighted by molar-refractivity contribution is 7.89. The molecule has 0 spiro atoms. The molecule has 2 aromatic carbocycles. The quantitative estimate of drug-likeness (QED) is 0.868. The third kappa shape index (κ3) is 2.98. The van der Waals surface area contributed by atoms with Crippen LogP contribution in [-0.4, -0.2) is 19.3 Å². The molecule has 0 saturated carbocycles. The zero-order chi connectivity index (χ0) is 16.4. The molecule has 0 amide bonds. The molecule has 2 aromatic rings. The molecule has 1 heterocycles. The highest BCUT2D eigenvalue weighted by Crippen LogP contribution is 2.36. The molecule has 0 N–H and O–H groups in total. The monoisotopic (exact) mass is 330 g/mol. The van der Waals surface area contributed by atoms with Crippen LogP contribution in [-0.2, 0) is 10.0 Å². The highest BCUT2D eigenvalue weighted by Gasteiger charge is 2.36. The second-order valence-electron chi connectivity index (χ2n) is 5.46. The maximum Gasteiger partial charge on any atom is 0.243 e. The number of nitriles is 1. The molecule has 118 valence electrons. The number of rotatable bonds is 3. The molecule has 0 aliphatic carbocycles. The first-order chi connectivity index (χ1) is 11.0. The van der Waals surface area contributed by atoms with Crippen LogP contribution < -0.4 is 0 Å². The Labute approximate surface area is 134 Å². The van der Waals surface area contributed by atoms with Crippen molar-refractivity contribution in [2.45, 2.75) is 23.8 Å². The van der Waals surface area contributed by atoms with Gasteiger partial charge in [-0.25, -0.2) is 12.8 Å². The van der Waals surface area contributed by atoms with Gasteiger partial charge in [-0.15, -0.1) is 0 Å². The summed E-state index contributed by atoms with van der Waals surface area (Å²) in [5.74, 6) is -0.340. The largest absolute Gasteiger partial charge is 0.243 e. The minimum Gasteiger partial charge on any atom is -0.207 e. The Morgan fingerprint density at radius 3 is 2.35 bits per heavy atom. The fraction of sp³-hybridized carbons (Fsp3) is 0.235. The number of hydrogen-bond donors (Lipinski definition) is 0. The standard InChI is InChI=1S/C17H15FN2O2S/c18-15-7-5-14(6-8-15)17-2-1-11-20(17)23(21,22)16-9-3-13(12-19)4-10-16/h3-10,17H,1-2,11H2. The van der Waals surface area contributed by atoms with Crippen molar-refractivity contribution in [1.29, 1.82) is 5.26 Å². The van der Waals surface area contributed by atoms with Crippen molar-refractivity contribution in [2.24, 2.45) is 0 Å². The molecule has 0 radical (unpaired) electrons. The van der Waals surface area contributed by atoms with Crippen LogP contribution in [0.4, 0.5) is 4.39 Å². The Kier molecular flexibility index (Phi) is 4.16. The summed E-state index contributed by atoms with van der Waals surface area (Å²) in [6, 6.07) is 13.5. The minimum absolute atomic E-state index is 0.172. The zero-order valence-electron chi connectivity index (χ0n) is 12.3. The summed E-state index contributed by atoms with van der Waals surface area (Å²) < 4.78 is 40.3. The minimum atomic E-state index is -3.64. The molecule has 1 saturated heterocycles. The average molecular weight is 330 g/mol. The van der Waals surface area contributed by atoms with Crippen molar-refractivity contribution in [3.8, 4) is 6.07 Å². The van der Waals surface area contributed by atoms with E-state index in [9.17, 15) is 12.8 Å². The normalized spacial score (nSPS) is 18.7. The third-order valence-corrected chi connectivity index (χ3v) is 5.97. The van der Waals surface area contributed by atoms with Crippen LogP contribution in [0, 0.1) is 17.1 Å². The van der Waals surface area contributed by atoms with Crippen molar-refractivity contribution in [3.05, 3.63) is 65.5 Å². The topological polar surface area (TPSA) is 61.2 Å². The predicted octanol–water partition coefficient (Wildman–Crippen LogP) is 3.22. The third-order valence-electron chi connectivity index (χ3n) is 4.05. The molecule has 1 aliphatic rings. The molecule has 1 aliphatic heterocycles. The highest BCUT2D eigenvalue weighted by atomic mass is 32.2. The van der Waals surface area contributed by atoms with E-state index in [2.05, 4.69) is 0 Å². The van der Waals surface area contributed by atoms with Crippen LogP contribution in [0.5, 0.6) is 0 Å². The summed E-state index contributed by atoms with van der Waals surface area (Å²) in [6.07, 6.45) is 1.47. The lowest BCUT2D eigenvalue weighted by Crippen LogP contribution is -2.30. The van der Waals surface area contributed by atoms with Crippen LogP contribution in [0.15, 0.2) is 53.4 Å². The Morgan fingerprint density at radius 2 is 1.74 bits per heavy atom. The van der Waals surface area contributed by atoms with E-state index >= 15 is 0 Å². The first kappa shape index (κ1) is 15.7. The van der Waals surface area contributed by atoms with Crippen molar-refractivity contribution in [1.82, 2.24) is 4.31 Å². The van der Waals surface area contributed by atoms with Crippen molar-refractivity contribution in [3.63, 3.8) is 0 Å². The molecule has 23 heavy (non-hydrogen) atoms. The number of nitrogens with zero attached hydrogens (tertiary/aromatic N) is 2. The van der Waals surface area contributed by atoms with E-state index in [0.29, 0.717) is 18.5 Å². The maximum atomic E-state index is 13.1. The van der Waals surface area contributed by atoms with Crippen LogP contribution in [0.2, 0.25) is 0 Å². The lowest BCUT2D eigenvalue weighted by molar-refractivity contribution is 0.396. The van der Waals surface area contributed by atoms with Gasteiger partial charge in [0.05, 0.1) is 22.6 Å². The SMILES string of the molecule is N#Cc1ccc(S(=O)(=O)N2CCCC2c2ccc(F)cc2)cc1. The van der Waals surface area contributed by atoms with Crippen LogP contribution in [0.25, 0.3) is 0 Å². The summed E-state index contributed by atoms with van der Waals surface area (Å²) in [7, 11) is -3.64. The van der Waals surface area contributed by atoms with E-state index in [0.717, 1.165) is 12.0 Å². The van der Waals surface area contributed by atoms with E-state index in [1.54, 1.807) is 12.1 Å². The van der Waals surface area contributed by atoms with Gasteiger partial charge >= 0.3 is 0 Å². The summed E-state index contributed by atoms with van der Waals surface area (Å²) in [5.41, 5.74) is 1.21. The van der Waals surface area contributed by atoms with Crippen LogP contribution in [0.1, 0.15) is 30.0 Å². The number of sulfonamides is 1. The van der Waals surface area contributed by atoms with E-state index in [-0.39, 0.29) is 16.8 Å². The van der Waals surface area contributed by atoms with Gasteiger partial charge in [-0.2, -0.15) is 9.57 Å².